The fraction of sp³-hybridized carbons (Fsp3) is 0.200. The third-order valence-electron chi connectivity index (χ3n) is 2.13. The lowest BCUT2D eigenvalue weighted by Gasteiger charge is -2.03. The van der Waals surface area contributed by atoms with Gasteiger partial charge in [-0.1, -0.05) is 0 Å². The molecular formula is C10H11N5O. The summed E-state index contributed by atoms with van der Waals surface area (Å²) in [5, 5.41) is 4.17. The summed E-state index contributed by atoms with van der Waals surface area (Å²) in [5.74, 6) is 0.215. The molecular weight excluding hydrogens is 206 g/mol. The van der Waals surface area contributed by atoms with E-state index in [0.29, 0.717) is 12.2 Å². The van der Waals surface area contributed by atoms with Crippen LogP contribution >= 0.6 is 0 Å². The van der Waals surface area contributed by atoms with Gasteiger partial charge in [0.2, 0.25) is 5.95 Å². The highest BCUT2D eigenvalue weighted by Crippen LogP contribution is 2.12. The molecule has 0 amide bonds. The molecule has 2 heterocycles. The van der Waals surface area contributed by atoms with Crippen molar-refractivity contribution in [3.8, 4) is 11.3 Å². The lowest BCUT2D eigenvalue weighted by atomic mass is 10.2. The number of nitrogens with two attached hydrogens (primary N) is 1. The highest BCUT2D eigenvalue weighted by Gasteiger charge is 2.03. The highest BCUT2D eigenvalue weighted by molar-refractivity contribution is 5.56. The quantitative estimate of drug-likeness (QED) is 0.781. The van der Waals surface area contributed by atoms with E-state index in [1.54, 1.807) is 18.5 Å². The Hall–Kier alpha value is -2.24. The Labute approximate surface area is 91.8 Å². The van der Waals surface area contributed by atoms with E-state index in [1.165, 1.54) is 10.7 Å². The van der Waals surface area contributed by atoms with E-state index in [2.05, 4.69) is 15.1 Å². The van der Waals surface area contributed by atoms with Gasteiger partial charge in [-0.2, -0.15) is 5.10 Å². The molecule has 0 unspecified atom stereocenters. The number of nitrogen functional groups attached to an aromatic ring is 1. The normalized spacial score (nSPS) is 10.3. The van der Waals surface area contributed by atoms with Gasteiger partial charge in [-0.15, -0.1) is 0 Å². The molecule has 0 aliphatic rings. The van der Waals surface area contributed by atoms with E-state index in [-0.39, 0.29) is 11.5 Å². The minimum Gasteiger partial charge on any atom is -0.368 e. The average molecular weight is 217 g/mol. The van der Waals surface area contributed by atoms with Gasteiger partial charge in [0.15, 0.2) is 0 Å². The predicted molar refractivity (Wildman–Crippen MR) is 59.6 cm³/mol. The SMILES string of the molecule is CCn1nc(-c2cnc(N)nc2)ccc1=O. The lowest BCUT2D eigenvalue weighted by Crippen LogP contribution is -2.21. The van der Waals surface area contributed by atoms with Crippen LogP contribution in [0.3, 0.4) is 0 Å². The van der Waals surface area contributed by atoms with Crippen molar-refractivity contribution in [2.45, 2.75) is 13.5 Å². The molecule has 82 valence electrons. The van der Waals surface area contributed by atoms with Gasteiger partial charge in [-0.3, -0.25) is 4.79 Å². The molecule has 0 bridgehead atoms. The van der Waals surface area contributed by atoms with E-state index < -0.39 is 0 Å². The number of anilines is 1. The molecule has 2 rings (SSSR count). The standard InChI is InChI=1S/C10H11N5O/c1-2-15-9(16)4-3-8(14-15)7-5-12-10(11)13-6-7/h3-6H,2H2,1H3,(H2,11,12,13). The summed E-state index contributed by atoms with van der Waals surface area (Å²) in [6.45, 7) is 2.39. The number of hydrogen-bond donors (Lipinski definition) is 1. The largest absolute Gasteiger partial charge is 0.368 e. The van der Waals surface area contributed by atoms with Gasteiger partial charge in [-0.25, -0.2) is 14.6 Å². The molecule has 0 aromatic carbocycles. The Morgan fingerprint density at radius 3 is 2.62 bits per heavy atom. The summed E-state index contributed by atoms with van der Waals surface area (Å²) in [7, 11) is 0. The Bertz CT molecular complexity index is 546. The van der Waals surface area contributed by atoms with Crippen molar-refractivity contribution in [1.29, 1.82) is 0 Å². The van der Waals surface area contributed by atoms with E-state index in [4.69, 9.17) is 5.73 Å². The molecule has 2 N–H and O–H groups in total. The second kappa shape index (κ2) is 4.09. The van der Waals surface area contributed by atoms with Crippen LogP contribution in [0.5, 0.6) is 0 Å². The second-order valence-corrected chi connectivity index (χ2v) is 3.20. The second-order valence-electron chi connectivity index (χ2n) is 3.20. The average Bonchev–Trinajstić information content (AvgIpc) is 2.31. The molecule has 0 atom stereocenters. The first-order valence-electron chi connectivity index (χ1n) is 4.86. The Morgan fingerprint density at radius 2 is 2.00 bits per heavy atom. The fourth-order valence-corrected chi connectivity index (χ4v) is 1.30. The Balaban J connectivity index is 2.48. The monoisotopic (exact) mass is 217 g/mol. The van der Waals surface area contributed by atoms with Gasteiger partial charge in [-0.05, 0) is 13.0 Å². The first kappa shape index (κ1) is 10.3. The summed E-state index contributed by atoms with van der Waals surface area (Å²) < 4.78 is 1.38. The summed E-state index contributed by atoms with van der Waals surface area (Å²) in [5.41, 5.74) is 6.65. The number of aryl methyl sites for hydroxylation is 1. The lowest BCUT2D eigenvalue weighted by molar-refractivity contribution is 0.619. The molecule has 2 aromatic rings. The maximum absolute atomic E-state index is 11.3. The van der Waals surface area contributed by atoms with Gasteiger partial charge in [0.1, 0.15) is 0 Å². The molecule has 6 nitrogen and oxygen atoms in total. The molecule has 0 fully saturated rings. The van der Waals surface area contributed by atoms with Gasteiger partial charge in [0.25, 0.3) is 5.56 Å². The maximum atomic E-state index is 11.3. The minimum atomic E-state index is -0.123. The van der Waals surface area contributed by atoms with Crippen LogP contribution in [0.4, 0.5) is 5.95 Å². The van der Waals surface area contributed by atoms with Crippen LogP contribution in [0.2, 0.25) is 0 Å². The van der Waals surface area contributed by atoms with Crippen molar-refractivity contribution in [2.24, 2.45) is 0 Å². The van der Waals surface area contributed by atoms with E-state index in [1.807, 2.05) is 6.92 Å². The summed E-state index contributed by atoms with van der Waals surface area (Å²) in [4.78, 5) is 19.1. The smallest absolute Gasteiger partial charge is 0.266 e. The van der Waals surface area contributed by atoms with Gasteiger partial charge >= 0.3 is 0 Å². The van der Waals surface area contributed by atoms with Crippen LogP contribution in [-0.2, 0) is 6.54 Å². The highest BCUT2D eigenvalue weighted by atomic mass is 16.1. The van der Waals surface area contributed by atoms with Crippen molar-refractivity contribution >= 4 is 5.95 Å². The summed E-state index contributed by atoms with van der Waals surface area (Å²) in [6.07, 6.45) is 3.16. The molecule has 6 heteroatoms. The molecule has 2 aromatic heterocycles. The molecule has 0 aliphatic heterocycles. The summed E-state index contributed by atoms with van der Waals surface area (Å²) >= 11 is 0. The third kappa shape index (κ3) is 1.90. The van der Waals surface area contributed by atoms with Crippen LogP contribution in [0.15, 0.2) is 29.3 Å². The van der Waals surface area contributed by atoms with Crippen LogP contribution < -0.4 is 11.3 Å². The van der Waals surface area contributed by atoms with Crippen LogP contribution in [0, 0.1) is 0 Å². The van der Waals surface area contributed by atoms with Crippen molar-refractivity contribution < 1.29 is 0 Å². The molecule has 0 saturated heterocycles. The Kier molecular flexibility index (Phi) is 2.63. The molecule has 0 saturated carbocycles. The molecule has 0 radical (unpaired) electrons. The van der Waals surface area contributed by atoms with E-state index >= 15 is 0 Å². The van der Waals surface area contributed by atoms with E-state index in [0.717, 1.165) is 5.56 Å². The molecule has 0 spiro atoms. The minimum absolute atomic E-state index is 0.123. The zero-order valence-corrected chi connectivity index (χ0v) is 8.79. The van der Waals surface area contributed by atoms with Crippen LogP contribution in [0.25, 0.3) is 11.3 Å². The van der Waals surface area contributed by atoms with E-state index in [9.17, 15) is 4.79 Å². The Morgan fingerprint density at radius 1 is 1.31 bits per heavy atom. The number of aromatic nitrogens is 4. The van der Waals surface area contributed by atoms with Crippen molar-refractivity contribution in [3.05, 3.63) is 34.9 Å². The van der Waals surface area contributed by atoms with Crippen molar-refractivity contribution in [3.63, 3.8) is 0 Å². The number of nitrogens with zero attached hydrogens (tertiary/aromatic N) is 4. The van der Waals surface area contributed by atoms with Gasteiger partial charge < -0.3 is 5.73 Å². The van der Waals surface area contributed by atoms with Gasteiger partial charge in [0, 0.05) is 30.6 Å². The fourth-order valence-electron chi connectivity index (χ4n) is 1.30. The zero-order valence-electron chi connectivity index (χ0n) is 8.79. The van der Waals surface area contributed by atoms with Crippen molar-refractivity contribution in [1.82, 2.24) is 19.7 Å². The summed E-state index contributed by atoms with van der Waals surface area (Å²) in [6, 6.07) is 3.12. The zero-order chi connectivity index (χ0) is 11.5. The van der Waals surface area contributed by atoms with Gasteiger partial charge in [0.05, 0.1) is 5.69 Å². The third-order valence-corrected chi connectivity index (χ3v) is 2.13. The van der Waals surface area contributed by atoms with Crippen molar-refractivity contribution in [2.75, 3.05) is 5.73 Å². The first-order chi connectivity index (χ1) is 7.70. The predicted octanol–water partition coefficient (Wildman–Crippen LogP) is 0.302. The maximum Gasteiger partial charge on any atom is 0.266 e. The molecule has 0 aliphatic carbocycles. The van der Waals surface area contributed by atoms with Crippen LogP contribution in [-0.4, -0.2) is 19.7 Å². The number of hydrogen-bond acceptors (Lipinski definition) is 5. The topological polar surface area (TPSA) is 86.7 Å². The first-order valence-corrected chi connectivity index (χ1v) is 4.86. The number of rotatable bonds is 2. The molecule has 16 heavy (non-hydrogen) atoms. The van der Waals surface area contributed by atoms with Crippen LogP contribution in [0.1, 0.15) is 6.92 Å².